The summed E-state index contributed by atoms with van der Waals surface area (Å²) in [4.78, 5) is 17.8. The quantitative estimate of drug-likeness (QED) is 0.114. The van der Waals surface area contributed by atoms with Crippen LogP contribution in [0.3, 0.4) is 0 Å². The van der Waals surface area contributed by atoms with E-state index in [0.29, 0.717) is 47.6 Å². The van der Waals surface area contributed by atoms with Gasteiger partial charge in [-0.2, -0.15) is 10.5 Å². The lowest BCUT2D eigenvalue weighted by atomic mass is 9.91. The average Bonchev–Trinajstić information content (AvgIpc) is 3.08. The first-order chi connectivity index (χ1) is 22.3. The normalized spacial score (nSPS) is 13.3. The lowest BCUT2D eigenvalue weighted by molar-refractivity contribution is -0.124. The first-order valence-electron chi connectivity index (χ1n) is 14.6. The number of nitrogens with one attached hydrogen (secondary N) is 1. The number of hydrogen-bond acceptors (Lipinski definition) is 9. The molecule has 0 bridgehead atoms. The van der Waals surface area contributed by atoms with Crippen LogP contribution in [-0.2, 0) is 11.2 Å². The summed E-state index contributed by atoms with van der Waals surface area (Å²) in [7, 11) is 0. The molecule has 0 unspecified atom stereocenters. The number of hydrogen-bond donors (Lipinski definition) is 4. The molecule has 4 aromatic rings. The Labute approximate surface area is 265 Å². The number of aromatic hydroxyl groups is 1. The number of phenolic OH excluding ortho intramolecular Hbond substituents is 1. The van der Waals surface area contributed by atoms with Crippen molar-refractivity contribution in [2.45, 2.75) is 25.3 Å². The molecule has 0 atom stereocenters. The van der Waals surface area contributed by atoms with Crippen LogP contribution in [0.2, 0.25) is 0 Å². The Morgan fingerprint density at radius 2 is 1.83 bits per heavy atom. The van der Waals surface area contributed by atoms with Crippen LogP contribution >= 0.6 is 0 Å². The van der Waals surface area contributed by atoms with Crippen LogP contribution in [0, 0.1) is 28.5 Å². The SMILES string of the molecule is N#Cc1ccc(-c2c(-c3ccc(OCCc4ccc(/C=C/C(=O)NO)cc4)c(O)c3)cnc(N3CCC(N)CC3)c2C#N)cc1F. The highest BCUT2D eigenvalue weighted by Gasteiger charge is 2.25. The number of amides is 1. The number of phenols is 1. The fourth-order valence-electron chi connectivity index (χ4n) is 5.33. The first kappa shape index (κ1) is 31.7. The van der Waals surface area contributed by atoms with E-state index in [9.17, 15) is 24.8 Å². The third-order valence-corrected chi connectivity index (χ3v) is 7.82. The molecule has 1 saturated heterocycles. The van der Waals surface area contributed by atoms with Gasteiger partial charge in [0.15, 0.2) is 11.5 Å². The smallest absolute Gasteiger partial charge is 0.267 e. The Bertz CT molecular complexity index is 1860. The van der Waals surface area contributed by atoms with Crippen molar-refractivity contribution in [1.82, 2.24) is 10.5 Å². The summed E-state index contributed by atoms with van der Waals surface area (Å²) in [6.45, 7) is 1.53. The number of nitrogens with two attached hydrogens (primary N) is 1. The van der Waals surface area contributed by atoms with Crippen LogP contribution < -0.4 is 20.9 Å². The topological polar surface area (TPSA) is 169 Å². The van der Waals surface area contributed by atoms with Crippen molar-refractivity contribution in [3.05, 3.63) is 101 Å². The van der Waals surface area contributed by atoms with Crippen molar-refractivity contribution in [2.75, 3.05) is 24.6 Å². The minimum atomic E-state index is -0.705. The summed E-state index contributed by atoms with van der Waals surface area (Å²) in [5.41, 5.74) is 11.4. The molecule has 1 aliphatic heterocycles. The number of rotatable bonds is 9. The van der Waals surface area contributed by atoms with Crippen LogP contribution in [0.5, 0.6) is 11.5 Å². The number of carbonyl (C=O) groups excluding carboxylic acids is 1. The molecule has 3 aromatic carbocycles. The lowest BCUT2D eigenvalue weighted by Gasteiger charge is -2.32. The first-order valence-corrected chi connectivity index (χ1v) is 14.6. The number of nitrogens with zero attached hydrogens (tertiary/aromatic N) is 4. The molecular weight excluding hydrogens is 587 g/mol. The monoisotopic (exact) mass is 618 g/mol. The Morgan fingerprint density at radius 3 is 2.48 bits per heavy atom. The second kappa shape index (κ2) is 14.4. The summed E-state index contributed by atoms with van der Waals surface area (Å²) in [5, 5.41) is 39.1. The zero-order valence-electron chi connectivity index (χ0n) is 24.8. The molecular formula is C35H31FN6O4. The maximum absolute atomic E-state index is 14.8. The summed E-state index contributed by atoms with van der Waals surface area (Å²) in [5.74, 6) is -0.709. The van der Waals surface area contributed by atoms with Crippen LogP contribution in [0.1, 0.15) is 35.1 Å². The van der Waals surface area contributed by atoms with E-state index >= 15 is 0 Å². The number of ether oxygens (including phenoxy) is 1. The van der Waals surface area contributed by atoms with Crippen molar-refractivity contribution < 1.29 is 24.2 Å². The molecule has 1 fully saturated rings. The predicted molar refractivity (Wildman–Crippen MR) is 170 cm³/mol. The molecule has 46 heavy (non-hydrogen) atoms. The van der Waals surface area contributed by atoms with Gasteiger partial charge in [-0.05, 0) is 65.4 Å². The summed E-state index contributed by atoms with van der Waals surface area (Å²) >= 11 is 0. The molecule has 5 rings (SSSR count). The van der Waals surface area contributed by atoms with E-state index in [-0.39, 0.29) is 35.3 Å². The van der Waals surface area contributed by atoms with Gasteiger partial charge in [0.05, 0.1) is 12.2 Å². The van der Waals surface area contributed by atoms with E-state index in [0.717, 1.165) is 24.0 Å². The highest BCUT2D eigenvalue weighted by atomic mass is 19.1. The average molecular weight is 619 g/mol. The molecule has 0 aliphatic carbocycles. The van der Waals surface area contributed by atoms with E-state index in [1.54, 1.807) is 30.5 Å². The number of halogens is 1. The molecule has 11 heteroatoms. The molecule has 1 aliphatic rings. The van der Waals surface area contributed by atoms with Gasteiger partial charge in [0.25, 0.3) is 5.91 Å². The molecule has 0 saturated carbocycles. The number of aromatic nitrogens is 1. The van der Waals surface area contributed by atoms with Crippen molar-refractivity contribution in [1.29, 1.82) is 10.5 Å². The molecule has 5 N–H and O–H groups in total. The lowest BCUT2D eigenvalue weighted by Crippen LogP contribution is -2.40. The number of carbonyl (C=O) groups is 1. The van der Waals surface area contributed by atoms with E-state index < -0.39 is 11.7 Å². The number of anilines is 1. The Balaban J connectivity index is 1.41. The zero-order valence-corrected chi connectivity index (χ0v) is 24.8. The fraction of sp³-hybridized carbons (Fsp3) is 0.200. The van der Waals surface area contributed by atoms with Crippen LogP contribution in [0.15, 0.2) is 72.9 Å². The van der Waals surface area contributed by atoms with Gasteiger partial charge in [0.2, 0.25) is 0 Å². The van der Waals surface area contributed by atoms with Gasteiger partial charge in [-0.1, -0.05) is 36.4 Å². The molecule has 1 aromatic heterocycles. The number of piperidine rings is 1. The van der Waals surface area contributed by atoms with Crippen molar-refractivity contribution in [2.24, 2.45) is 5.73 Å². The van der Waals surface area contributed by atoms with Gasteiger partial charge in [0.1, 0.15) is 29.3 Å². The zero-order chi connectivity index (χ0) is 32.6. The highest BCUT2D eigenvalue weighted by molar-refractivity contribution is 5.91. The number of benzene rings is 3. The second-order valence-corrected chi connectivity index (χ2v) is 10.8. The predicted octanol–water partition coefficient (Wildman–Crippen LogP) is 5.07. The van der Waals surface area contributed by atoms with E-state index in [1.807, 2.05) is 35.2 Å². The molecule has 1 amide bonds. The van der Waals surface area contributed by atoms with E-state index in [4.69, 9.17) is 15.7 Å². The minimum absolute atomic E-state index is 0.0775. The second-order valence-electron chi connectivity index (χ2n) is 10.8. The molecule has 0 spiro atoms. The summed E-state index contributed by atoms with van der Waals surface area (Å²) < 4.78 is 20.7. The van der Waals surface area contributed by atoms with Gasteiger partial charge in [-0.3, -0.25) is 10.0 Å². The van der Waals surface area contributed by atoms with Gasteiger partial charge >= 0.3 is 0 Å². The number of hydroxylamine groups is 1. The van der Waals surface area contributed by atoms with Crippen LogP contribution in [-0.4, -0.2) is 46.9 Å². The van der Waals surface area contributed by atoms with Crippen molar-refractivity contribution >= 4 is 17.8 Å². The molecule has 2 heterocycles. The Kier molecular flexibility index (Phi) is 9.88. The third-order valence-electron chi connectivity index (χ3n) is 7.82. The molecule has 10 nitrogen and oxygen atoms in total. The van der Waals surface area contributed by atoms with Crippen molar-refractivity contribution in [3.63, 3.8) is 0 Å². The van der Waals surface area contributed by atoms with Crippen LogP contribution in [0.25, 0.3) is 28.3 Å². The Hall–Kier alpha value is -5.75. The molecule has 232 valence electrons. The largest absolute Gasteiger partial charge is 0.504 e. The third kappa shape index (κ3) is 7.13. The van der Waals surface area contributed by atoms with Gasteiger partial charge in [0, 0.05) is 49.0 Å². The van der Waals surface area contributed by atoms with Crippen LogP contribution in [0.4, 0.5) is 10.2 Å². The Morgan fingerprint density at radius 1 is 1.09 bits per heavy atom. The standard InChI is InChI=1S/C35H31FN6O4/c36-30-17-25(6-7-26(30)19-37)34-28(20-38)35(42-14-11-27(39)12-15-42)40-21-29(34)24-8-9-32(31(43)18-24)46-16-13-23-3-1-22(2-4-23)5-10-33(44)41-45/h1-10,17-18,21,27,43,45H,11-16,39H2,(H,41,44)/b10-5+. The van der Waals surface area contributed by atoms with E-state index in [2.05, 4.69) is 11.1 Å². The maximum atomic E-state index is 14.8. The van der Waals surface area contributed by atoms with Gasteiger partial charge in [-0.25, -0.2) is 14.9 Å². The van der Waals surface area contributed by atoms with Gasteiger partial charge in [-0.15, -0.1) is 0 Å². The van der Waals surface area contributed by atoms with Crippen molar-refractivity contribution in [3.8, 4) is 45.9 Å². The highest BCUT2D eigenvalue weighted by Crippen LogP contribution is 2.41. The number of nitriles is 2. The molecule has 0 radical (unpaired) electrons. The fourth-order valence-corrected chi connectivity index (χ4v) is 5.33. The maximum Gasteiger partial charge on any atom is 0.267 e. The summed E-state index contributed by atoms with van der Waals surface area (Å²) in [6, 6.07) is 20.7. The minimum Gasteiger partial charge on any atom is -0.504 e. The van der Waals surface area contributed by atoms with Gasteiger partial charge < -0.3 is 20.5 Å². The number of pyridine rings is 1. The van der Waals surface area contributed by atoms with E-state index in [1.165, 1.54) is 29.8 Å². The summed E-state index contributed by atoms with van der Waals surface area (Å²) in [6.07, 6.45) is 6.44.